The number of carbonyl (C=O) groups excluding carboxylic acids is 2. The predicted octanol–water partition coefficient (Wildman–Crippen LogP) is 3.92. The molecule has 0 unspecified atom stereocenters. The van der Waals surface area contributed by atoms with Gasteiger partial charge in [-0.05, 0) is 47.5 Å². The first-order valence-corrected chi connectivity index (χ1v) is 15.6. The highest BCUT2D eigenvalue weighted by Crippen LogP contribution is 2.18. The van der Waals surface area contributed by atoms with Gasteiger partial charge < -0.3 is 36.0 Å². The van der Waals surface area contributed by atoms with Gasteiger partial charge in [-0.1, -0.05) is 13.2 Å². The number of carbonyl (C=O) groups is 2. The summed E-state index contributed by atoms with van der Waals surface area (Å²) in [4.78, 5) is 22.3. The van der Waals surface area contributed by atoms with Gasteiger partial charge in [0.25, 0.3) is 0 Å². The summed E-state index contributed by atoms with van der Waals surface area (Å²) < 4.78 is 42.8. The lowest BCUT2D eigenvalue weighted by Crippen LogP contribution is -2.46. The van der Waals surface area contributed by atoms with Crippen LogP contribution in [0, 0.1) is 0 Å². The zero-order chi connectivity index (χ0) is 27.3. The molecule has 0 radical (unpaired) electrons. The van der Waals surface area contributed by atoms with Crippen LogP contribution in [0.4, 0.5) is 0 Å². The summed E-state index contributed by atoms with van der Waals surface area (Å²) in [6.45, 7) is 18.3. The van der Waals surface area contributed by atoms with E-state index in [1.807, 2.05) is 20.8 Å². The van der Waals surface area contributed by atoms with Crippen molar-refractivity contribution in [2.75, 3.05) is 54.4 Å². The molecule has 10 nitrogen and oxygen atoms in total. The number of esters is 2. The average molecular weight is 539 g/mol. The third-order valence-corrected chi connectivity index (χ3v) is 10.4. The van der Waals surface area contributed by atoms with Gasteiger partial charge in [0.1, 0.15) is 0 Å². The molecule has 0 aliphatic rings. The first-order valence-electron chi connectivity index (χ1n) is 11.7. The van der Waals surface area contributed by atoms with Crippen LogP contribution in [0.5, 0.6) is 0 Å². The number of hydrogen-bond acceptors (Lipinski definition) is 10. The Morgan fingerprint density at radius 1 is 0.629 bits per heavy atom. The number of ether oxygens (including phenoxy) is 2. The summed E-state index contributed by atoms with van der Waals surface area (Å²) in [6.07, 6.45) is 1.30. The monoisotopic (exact) mass is 538 g/mol. The van der Waals surface area contributed by atoms with Gasteiger partial charge in [-0.2, -0.15) is 0 Å². The SMILES string of the molecule is C=C(C)C(=O)OCCC[Si](OC)(OC)OC.C=C(C)C(=O)OCCC[Si](OCC)(OCC)OCC. The summed E-state index contributed by atoms with van der Waals surface area (Å²) in [6, 6.07) is 1.26. The molecule has 0 heterocycles. The molecule has 0 spiro atoms. The second-order valence-corrected chi connectivity index (χ2v) is 13.1. The zero-order valence-corrected chi connectivity index (χ0v) is 24.9. The van der Waals surface area contributed by atoms with Crippen molar-refractivity contribution in [2.45, 2.75) is 59.5 Å². The average Bonchev–Trinajstić information content (AvgIpc) is 2.83. The first-order chi connectivity index (χ1) is 16.5. The van der Waals surface area contributed by atoms with Crippen LogP contribution >= 0.6 is 0 Å². The van der Waals surface area contributed by atoms with Gasteiger partial charge >= 0.3 is 29.5 Å². The third-order valence-electron chi connectivity index (χ3n) is 4.44. The topological polar surface area (TPSA) is 108 Å². The second kappa shape index (κ2) is 20.8. The van der Waals surface area contributed by atoms with Crippen LogP contribution in [0.1, 0.15) is 47.5 Å². The summed E-state index contributed by atoms with van der Waals surface area (Å²) in [7, 11) is -0.475. The maximum Gasteiger partial charge on any atom is 0.501 e. The zero-order valence-electron chi connectivity index (χ0n) is 22.9. The van der Waals surface area contributed by atoms with E-state index < -0.39 is 17.6 Å². The van der Waals surface area contributed by atoms with Crippen molar-refractivity contribution in [2.24, 2.45) is 0 Å². The molecule has 206 valence electrons. The fourth-order valence-electron chi connectivity index (χ4n) is 2.71. The van der Waals surface area contributed by atoms with E-state index in [0.29, 0.717) is 69.1 Å². The minimum atomic E-state index is -2.61. The van der Waals surface area contributed by atoms with Crippen molar-refractivity contribution in [1.82, 2.24) is 0 Å². The molecule has 0 aromatic heterocycles. The minimum absolute atomic E-state index is 0.316. The van der Waals surface area contributed by atoms with E-state index in [1.54, 1.807) is 35.2 Å². The quantitative estimate of drug-likeness (QED) is 0.104. The smallest absolute Gasteiger partial charge is 0.462 e. The molecule has 12 heteroatoms. The predicted molar refractivity (Wildman–Crippen MR) is 138 cm³/mol. The lowest BCUT2D eigenvalue weighted by Gasteiger charge is -2.28. The molecule has 0 saturated heterocycles. The maximum atomic E-state index is 11.2. The van der Waals surface area contributed by atoms with Crippen molar-refractivity contribution < 1.29 is 45.6 Å². The molecular formula is C23H46O10Si2. The number of hydrogen-bond donors (Lipinski definition) is 0. The molecule has 0 aliphatic carbocycles. The van der Waals surface area contributed by atoms with Crippen molar-refractivity contribution in [3.8, 4) is 0 Å². The van der Waals surface area contributed by atoms with Crippen LogP contribution in [0.3, 0.4) is 0 Å². The molecule has 0 amide bonds. The van der Waals surface area contributed by atoms with Crippen molar-refractivity contribution in [3.63, 3.8) is 0 Å². The molecule has 0 rings (SSSR count). The highest BCUT2D eigenvalue weighted by atomic mass is 28.4. The van der Waals surface area contributed by atoms with Gasteiger partial charge in [-0.25, -0.2) is 9.59 Å². The Balaban J connectivity index is 0. The van der Waals surface area contributed by atoms with Gasteiger partial charge in [0, 0.05) is 64.4 Å². The highest BCUT2D eigenvalue weighted by molar-refractivity contribution is 6.61. The fraction of sp³-hybridized carbons (Fsp3) is 0.739. The second-order valence-electron chi connectivity index (χ2n) is 7.32. The van der Waals surface area contributed by atoms with E-state index in [1.165, 1.54) is 0 Å². The Morgan fingerprint density at radius 3 is 1.20 bits per heavy atom. The van der Waals surface area contributed by atoms with Crippen molar-refractivity contribution in [3.05, 3.63) is 24.3 Å². The Labute approximate surface area is 213 Å². The first kappa shape index (κ1) is 35.8. The van der Waals surface area contributed by atoms with Gasteiger partial charge in [-0.15, -0.1) is 0 Å². The Morgan fingerprint density at radius 2 is 0.943 bits per heavy atom. The fourth-order valence-corrected chi connectivity index (χ4v) is 6.98. The van der Waals surface area contributed by atoms with E-state index >= 15 is 0 Å². The highest BCUT2D eigenvalue weighted by Gasteiger charge is 2.39. The summed E-state index contributed by atoms with van der Waals surface area (Å²) in [5.74, 6) is -0.740. The largest absolute Gasteiger partial charge is 0.501 e. The van der Waals surface area contributed by atoms with Crippen LogP contribution in [0.2, 0.25) is 12.1 Å². The third kappa shape index (κ3) is 16.1. The summed E-state index contributed by atoms with van der Waals surface area (Å²) in [5, 5.41) is 0. The summed E-state index contributed by atoms with van der Waals surface area (Å²) in [5.41, 5.74) is 0.802. The Hall–Kier alpha value is -1.39. The van der Waals surface area contributed by atoms with E-state index in [-0.39, 0.29) is 11.9 Å². The molecule has 0 atom stereocenters. The Bertz CT molecular complexity index is 598. The van der Waals surface area contributed by atoms with Crippen LogP contribution < -0.4 is 0 Å². The molecule has 0 aromatic rings. The lowest BCUT2D eigenvalue weighted by atomic mass is 10.4. The van der Waals surface area contributed by atoms with Gasteiger partial charge in [0.05, 0.1) is 13.2 Å². The van der Waals surface area contributed by atoms with Crippen LogP contribution in [0.25, 0.3) is 0 Å². The number of rotatable bonds is 19. The molecule has 0 saturated carbocycles. The van der Waals surface area contributed by atoms with Crippen LogP contribution in [-0.4, -0.2) is 83.9 Å². The lowest BCUT2D eigenvalue weighted by molar-refractivity contribution is -0.139. The van der Waals surface area contributed by atoms with Gasteiger partial charge in [0.15, 0.2) is 0 Å². The van der Waals surface area contributed by atoms with Gasteiger partial charge in [-0.3, -0.25) is 0 Å². The molecule has 35 heavy (non-hydrogen) atoms. The normalized spacial score (nSPS) is 11.3. The molecule has 0 fully saturated rings. The molecule has 0 N–H and O–H groups in total. The molecule has 0 aliphatic heterocycles. The molecule has 0 aromatic carbocycles. The van der Waals surface area contributed by atoms with Crippen LogP contribution in [0.15, 0.2) is 24.3 Å². The van der Waals surface area contributed by atoms with E-state index in [4.69, 9.17) is 36.0 Å². The van der Waals surface area contributed by atoms with E-state index in [0.717, 1.165) is 0 Å². The standard InChI is InChI=1S/C13H26O5Si.C10H20O5Si/c1-6-16-19(17-7-2,18-8-3)11-9-10-15-13(14)12(4)5;1-9(2)10(11)15-7-6-8-16(12-3,13-4)14-5/h4,6-11H2,1-3,5H3;1,6-8H2,2-5H3. The maximum absolute atomic E-state index is 11.2. The molecule has 0 bridgehead atoms. The Kier molecular flexibility index (Phi) is 21.2. The van der Waals surface area contributed by atoms with Crippen LogP contribution in [-0.2, 0) is 45.6 Å². The molecular weight excluding hydrogens is 492 g/mol. The minimum Gasteiger partial charge on any atom is -0.462 e. The van der Waals surface area contributed by atoms with Gasteiger partial charge in [0.2, 0.25) is 0 Å². The van der Waals surface area contributed by atoms with E-state index in [9.17, 15) is 9.59 Å². The summed E-state index contributed by atoms with van der Waals surface area (Å²) >= 11 is 0. The van der Waals surface area contributed by atoms with E-state index in [2.05, 4.69) is 13.2 Å². The van der Waals surface area contributed by atoms with Crippen molar-refractivity contribution in [1.29, 1.82) is 0 Å². The van der Waals surface area contributed by atoms with Crippen molar-refractivity contribution >= 4 is 29.5 Å².